The molecule has 0 spiro atoms. The van der Waals surface area contributed by atoms with Crippen LogP contribution in [0.15, 0.2) is 27.8 Å². The van der Waals surface area contributed by atoms with Crippen molar-refractivity contribution in [2.24, 2.45) is 10.9 Å². The third-order valence-electron chi connectivity index (χ3n) is 5.01. The van der Waals surface area contributed by atoms with Crippen LogP contribution in [0.3, 0.4) is 0 Å². The van der Waals surface area contributed by atoms with E-state index in [0.29, 0.717) is 5.76 Å². The van der Waals surface area contributed by atoms with Gasteiger partial charge in [0.25, 0.3) is 0 Å². The van der Waals surface area contributed by atoms with Crippen LogP contribution in [0, 0.1) is 5.92 Å². The van der Waals surface area contributed by atoms with Gasteiger partial charge in [-0.05, 0) is 77.2 Å². The third-order valence-corrected chi connectivity index (χ3v) is 5.01. The molecule has 2 heterocycles. The third kappa shape index (κ3) is 8.83. The predicted octanol–water partition coefficient (Wildman–Crippen LogP) is 3.17. The molecular formula is C20H37IN4O2. The first-order valence-corrected chi connectivity index (χ1v) is 10.0. The quantitative estimate of drug-likeness (QED) is 0.214. The molecule has 0 saturated carbocycles. The number of hydrogen-bond acceptors (Lipinski definition) is 4. The zero-order valence-electron chi connectivity index (χ0n) is 17.0. The van der Waals surface area contributed by atoms with E-state index < -0.39 is 5.60 Å². The lowest BCUT2D eigenvalue weighted by Crippen LogP contribution is -2.39. The number of rotatable bonds is 9. The number of aliphatic imine (C=N–C) groups is 1. The molecular weight excluding hydrogens is 455 g/mol. The van der Waals surface area contributed by atoms with Crippen molar-refractivity contribution in [3.8, 4) is 0 Å². The highest BCUT2D eigenvalue weighted by Gasteiger charge is 2.26. The number of guanidine groups is 1. The van der Waals surface area contributed by atoms with Crippen LogP contribution >= 0.6 is 24.0 Å². The minimum atomic E-state index is -1.10. The summed E-state index contributed by atoms with van der Waals surface area (Å²) >= 11 is 0. The van der Waals surface area contributed by atoms with Gasteiger partial charge in [-0.1, -0.05) is 6.92 Å². The minimum Gasteiger partial charge on any atom is -0.466 e. The van der Waals surface area contributed by atoms with E-state index in [0.717, 1.165) is 31.4 Å². The molecule has 1 aromatic heterocycles. The summed E-state index contributed by atoms with van der Waals surface area (Å²) in [7, 11) is 0. The summed E-state index contributed by atoms with van der Waals surface area (Å²) in [5.41, 5.74) is -1.10. The summed E-state index contributed by atoms with van der Waals surface area (Å²) in [5, 5.41) is 17.1. The summed E-state index contributed by atoms with van der Waals surface area (Å²) < 4.78 is 5.30. The van der Waals surface area contributed by atoms with Gasteiger partial charge in [-0.15, -0.1) is 24.0 Å². The lowest BCUT2D eigenvalue weighted by atomic mass is 9.99. The minimum absolute atomic E-state index is 0. The lowest BCUT2D eigenvalue weighted by molar-refractivity contribution is 0.0437. The normalized spacial score (nSPS) is 18.6. The molecule has 1 aliphatic heterocycles. The molecule has 0 bridgehead atoms. The van der Waals surface area contributed by atoms with E-state index in [4.69, 9.17) is 4.42 Å². The number of nitrogens with zero attached hydrogens (tertiary/aromatic N) is 2. The van der Waals surface area contributed by atoms with Crippen LogP contribution in [0.4, 0.5) is 0 Å². The second-order valence-corrected chi connectivity index (χ2v) is 7.60. The second-order valence-electron chi connectivity index (χ2n) is 7.60. The highest BCUT2D eigenvalue weighted by atomic mass is 127. The standard InChI is InChI=1S/C20H36N4O2.HI/c1-4-21-19(23-16-20(3,25)18-8-7-15-26-18)22-11-5-6-12-24-13-9-17(2)10-14-24;/h7-8,15,17,25H,4-6,9-14,16H2,1-3H3,(H2,21,22,23);1H. The number of hydrogen-bond donors (Lipinski definition) is 3. The van der Waals surface area contributed by atoms with Crippen molar-refractivity contribution in [3.63, 3.8) is 0 Å². The van der Waals surface area contributed by atoms with Crippen LogP contribution in [-0.2, 0) is 5.60 Å². The van der Waals surface area contributed by atoms with Crippen molar-refractivity contribution in [1.82, 2.24) is 15.5 Å². The number of piperidine rings is 1. The molecule has 1 saturated heterocycles. The Kier molecular flexibility index (Phi) is 11.3. The maximum atomic E-state index is 10.5. The van der Waals surface area contributed by atoms with E-state index in [2.05, 4.69) is 27.4 Å². The zero-order valence-corrected chi connectivity index (χ0v) is 19.4. The number of likely N-dealkylation sites (tertiary alicyclic amines) is 1. The fourth-order valence-electron chi connectivity index (χ4n) is 3.19. The molecule has 0 aliphatic carbocycles. The fourth-order valence-corrected chi connectivity index (χ4v) is 3.19. The number of aliphatic hydroxyl groups is 1. The Morgan fingerprint density at radius 2 is 2.07 bits per heavy atom. The molecule has 2 rings (SSSR count). The van der Waals surface area contributed by atoms with Crippen molar-refractivity contribution >= 4 is 29.9 Å². The number of unbranched alkanes of at least 4 members (excludes halogenated alkanes) is 1. The zero-order chi connectivity index (χ0) is 18.8. The SMILES string of the molecule is CCNC(=NCC(C)(O)c1ccco1)NCCCCN1CCC(C)CC1.I. The van der Waals surface area contributed by atoms with Gasteiger partial charge >= 0.3 is 0 Å². The molecule has 0 aromatic carbocycles. The first kappa shape index (κ1) is 24.2. The van der Waals surface area contributed by atoms with Gasteiger partial charge in [-0.2, -0.15) is 0 Å². The largest absolute Gasteiger partial charge is 0.466 e. The summed E-state index contributed by atoms with van der Waals surface area (Å²) in [5.74, 6) is 2.17. The molecule has 1 fully saturated rings. The van der Waals surface area contributed by atoms with Crippen molar-refractivity contribution in [2.75, 3.05) is 39.3 Å². The summed E-state index contributed by atoms with van der Waals surface area (Å²) in [6, 6.07) is 3.55. The van der Waals surface area contributed by atoms with Crippen LogP contribution in [0.25, 0.3) is 0 Å². The Morgan fingerprint density at radius 3 is 2.70 bits per heavy atom. The van der Waals surface area contributed by atoms with Gasteiger partial charge in [0.05, 0.1) is 12.8 Å². The van der Waals surface area contributed by atoms with Gasteiger partial charge in [-0.3, -0.25) is 0 Å². The monoisotopic (exact) mass is 492 g/mol. The average molecular weight is 492 g/mol. The van der Waals surface area contributed by atoms with Gasteiger partial charge in [0.2, 0.25) is 0 Å². The lowest BCUT2D eigenvalue weighted by Gasteiger charge is -2.30. The molecule has 1 unspecified atom stereocenters. The van der Waals surface area contributed by atoms with Crippen LogP contribution in [0.1, 0.15) is 52.2 Å². The average Bonchev–Trinajstić information content (AvgIpc) is 3.16. The second kappa shape index (κ2) is 12.6. The molecule has 1 atom stereocenters. The van der Waals surface area contributed by atoms with E-state index in [-0.39, 0.29) is 30.5 Å². The van der Waals surface area contributed by atoms with Crippen LogP contribution in [0.5, 0.6) is 0 Å². The van der Waals surface area contributed by atoms with Gasteiger partial charge in [-0.25, -0.2) is 4.99 Å². The summed E-state index contributed by atoms with van der Waals surface area (Å²) in [4.78, 5) is 7.09. The Bertz CT molecular complexity index is 526. The van der Waals surface area contributed by atoms with Gasteiger partial charge < -0.3 is 25.1 Å². The highest BCUT2D eigenvalue weighted by molar-refractivity contribution is 14.0. The van der Waals surface area contributed by atoms with Crippen LogP contribution < -0.4 is 10.6 Å². The molecule has 7 heteroatoms. The highest BCUT2D eigenvalue weighted by Crippen LogP contribution is 2.21. The molecule has 0 radical (unpaired) electrons. The van der Waals surface area contributed by atoms with E-state index in [1.165, 1.54) is 38.9 Å². The van der Waals surface area contributed by atoms with Crippen molar-refractivity contribution in [3.05, 3.63) is 24.2 Å². The van der Waals surface area contributed by atoms with Gasteiger partial charge in [0, 0.05) is 13.1 Å². The summed E-state index contributed by atoms with van der Waals surface area (Å²) in [6.07, 6.45) is 6.56. The maximum absolute atomic E-state index is 10.5. The molecule has 1 aromatic rings. The first-order chi connectivity index (χ1) is 12.5. The molecule has 0 amide bonds. The number of nitrogens with one attached hydrogen (secondary N) is 2. The van der Waals surface area contributed by atoms with Crippen molar-refractivity contribution in [2.45, 2.75) is 52.1 Å². The molecule has 6 nitrogen and oxygen atoms in total. The molecule has 27 heavy (non-hydrogen) atoms. The van der Waals surface area contributed by atoms with Gasteiger partial charge in [0.15, 0.2) is 5.96 Å². The Labute approximate surface area is 181 Å². The predicted molar refractivity (Wildman–Crippen MR) is 122 cm³/mol. The summed E-state index contributed by atoms with van der Waals surface area (Å²) in [6.45, 7) is 11.7. The maximum Gasteiger partial charge on any atom is 0.191 e. The fraction of sp³-hybridized carbons (Fsp3) is 0.750. The van der Waals surface area contributed by atoms with E-state index in [1.807, 2.05) is 6.92 Å². The smallest absolute Gasteiger partial charge is 0.191 e. The number of halogens is 1. The molecule has 1 aliphatic rings. The van der Waals surface area contributed by atoms with Crippen LogP contribution in [-0.4, -0.2) is 55.2 Å². The molecule has 3 N–H and O–H groups in total. The first-order valence-electron chi connectivity index (χ1n) is 10.0. The van der Waals surface area contributed by atoms with E-state index >= 15 is 0 Å². The van der Waals surface area contributed by atoms with E-state index in [1.54, 1.807) is 25.3 Å². The Morgan fingerprint density at radius 1 is 1.33 bits per heavy atom. The Hall–Kier alpha value is -0.800. The van der Waals surface area contributed by atoms with Gasteiger partial charge in [0.1, 0.15) is 11.4 Å². The Balaban J connectivity index is 0.00000364. The number of furan rings is 1. The van der Waals surface area contributed by atoms with Crippen LogP contribution in [0.2, 0.25) is 0 Å². The topological polar surface area (TPSA) is 73.0 Å². The van der Waals surface area contributed by atoms with Crippen molar-refractivity contribution < 1.29 is 9.52 Å². The molecule has 156 valence electrons. The van der Waals surface area contributed by atoms with E-state index in [9.17, 15) is 5.11 Å². The van der Waals surface area contributed by atoms with Crippen molar-refractivity contribution in [1.29, 1.82) is 0 Å².